The maximum Gasteiger partial charge on any atom is 0.315 e. The molecule has 0 spiro atoms. The third kappa shape index (κ3) is 4.40. The summed E-state index contributed by atoms with van der Waals surface area (Å²) in [6.45, 7) is 0.194. The number of carbonyl (C=O) groups excluding carboxylic acids is 3. The number of anilines is 1. The zero-order valence-electron chi connectivity index (χ0n) is 14.7. The summed E-state index contributed by atoms with van der Waals surface area (Å²) in [7, 11) is 1.28. The van der Waals surface area contributed by atoms with E-state index in [2.05, 4.69) is 30.8 Å². The number of rotatable bonds is 6. The van der Waals surface area contributed by atoms with Gasteiger partial charge in [-0.1, -0.05) is 18.2 Å². The van der Waals surface area contributed by atoms with Crippen molar-refractivity contribution in [1.82, 2.24) is 16.0 Å². The number of aliphatic imine (C=N–C) groups is 1. The number of hydrazone groups is 1. The molecule has 0 fully saturated rings. The summed E-state index contributed by atoms with van der Waals surface area (Å²) in [6.07, 6.45) is 1.16. The number of esters is 1. The number of carbonyl (C=O) groups is 3. The zero-order chi connectivity index (χ0) is 19.2. The predicted molar refractivity (Wildman–Crippen MR) is 98.3 cm³/mol. The molecule has 1 aromatic carbocycles. The number of hydrogen-bond acceptors (Lipinski definition) is 7. The highest BCUT2D eigenvalue weighted by Gasteiger charge is 2.40. The van der Waals surface area contributed by atoms with Crippen LogP contribution in [0.25, 0.3) is 0 Å². The number of fused-ring (bicyclic) bond motifs is 1. The van der Waals surface area contributed by atoms with Gasteiger partial charge < -0.3 is 20.7 Å². The molecular weight excluding hydrogens is 352 g/mol. The van der Waals surface area contributed by atoms with Gasteiger partial charge in [0.05, 0.1) is 25.8 Å². The van der Waals surface area contributed by atoms with Crippen molar-refractivity contribution in [2.24, 2.45) is 16.0 Å². The highest BCUT2D eigenvalue weighted by atomic mass is 16.5. The highest BCUT2D eigenvalue weighted by Crippen LogP contribution is 2.27. The molecule has 10 heteroatoms. The Morgan fingerprint density at radius 2 is 2.04 bits per heavy atom. The Balaban J connectivity index is 1.58. The van der Waals surface area contributed by atoms with Gasteiger partial charge in [0, 0.05) is 12.8 Å². The van der Waals surface area contributed by atoms with Crippen LogP contribution in [0.1, 0.15) is 6.42 Å². The molecule has 2 heterocycles. The second-order valence-electron chi connectivity index (χ2n) is 5.88. The van der Waals surface area contributed by atoms with Gasteiger partial charge in [0.1, 0.15) is 11.8 Å². The Labute approximate surface area is 155 Å². The van der Waals surface area contributed by atoms with E-state index in [1.165, 1.54) is 7.11 Å². The van der Waals surface area contributed by atoms with E-state index in [0.29, 0.717) is 5.84 Å². The number of nitrogens with zero attached hydrogens (tertiary/aromatic N) is 3. The van der Waals surface area contributed by atoms with Crippen LogP contribution in [0.5, 0.6) is 0 Å². The van der Waals surface area contributed by atoms with Gasteiger partial charge in [-0.05, 0) is 12.1 Å². The first-order chi connectivity index (χ1) is 13.1. The Bertz CT molecular complexity index is 779. The second-order valence-corrected chi connectivity index (χ2v) is 5.88. The van der Waals surface area contributed by atoms with Gasteiger partial charge in [0.25, 0.3) is 0 Å². The monoisotopic (exact) mass is 372 g/mol. The summed E-state index contributed by atoms with van der Waals surface area (Å²) in [5.74, 6) is -0.772. The first-order valence-corrected chi connectivity index (χ1v) is 8.43. The fourth-order valence-electron chi connectivity index (χ4n) is 2.69. The normalized spacial score (nSPS) is 20.4. The predicted octanol–water partition coefficient (Wildman–Crippen LogP) is -0.175. The minimum absolute atomic E-state index is 0.0433. The number of methoxy groups -OCH3 is 1. The summed E-state index contributed by atoms with van der Waals surface area (Å²) < 4.78 is 4.49. The molecule has 0 aromatic heterocycles. The molecule has 0 aliphatic carbocycles. The topological polar surface area (TPSA) is 124 Å². The lowest BCUT2D eigenvalue weighted by molar-refractivity contribution is -0.140. The minimum Gasteiger partial charge on any atom is -0.469 e. The van der Waals surface area contributed by atoms with E-state index in [9.17, 15) is 14.4 Å². The third-order valence-corrected chi connectivity index (χ3v) is 4.06. The van der Waals surface area contributed by atoms with Crippen LogP contribution in [0.15, 0.2) is 40.4 Å². The molecule has 0 radical (unpaired) electrons. The van der Waals surface area contributed by atoms with Gasteiger partial charge in [0.2, 0.25) is 5.91 Å². The minimum atomic E-state index is -0.486. The highest BCUT2D eigenvalue weighted by molar-refractivity contribution is 6.09. The Morgan fingerprint density at radius 1 is 1.26 bits per heavy atom. The number of nitrogens with one attached hydrogen (secondary N) is 3. The Morgan fingerprint density at radius 3 is 2.78 bits per heavy atom. The lowest BCUT2D eigenvalue weighted by Crippen LogP contribution is -2.52. The van der Waals surface area contributed by atoms with Crippen molar-refractivity contribution >= 4 is 35.6 Å². The smallest absolute Gasteiger partial charge is 0.315 e. The lowest BCUT2D eigenvalue weighted by Gasteiger charge is -2.28. The molecular formula is C17H20N6O4. The second kappa shape index (κ2) is 8.30. The zero-order valence-corrected chi connectivity index (χ0v) is 14.7. The molecule has 2 atom stereocenters. The summed E-state index contributed by atoms with van der Waals surface area (Å²) >= 11 is 0. The van der Waals surface area contributed by atoms with Gasteiger partial charge in [-0.2, -0.15) is 5.10 Å². The number of amides is 3. The van der Waals surface area contributed by atoms with Gasteiger partial charge in [-0.15, -0.1) is 0 Å². The van der Waals surface area contributed by atoms with E-state index in [4.69, 9.17) is 0 Å². The van der Waals surface area contributed by atoms with E-state index >= 15 is 0 Å². The average molecular weight is 372 g/mol. The number of hydrogen-bond donors (Lipinski definition) is 3. The molecule has 2 aliphatic heterocycles. The number of amidine groups is 1. The first-order valence-electron chi connectivity index (χ1n) is 8.43. The largest absolute Gasteiger partial charge is 0.469 e. The van der Waals surface area contributed by atoms with Crippen LogP contribution in [0.4, 0.5) is 10.5 Å². The molecule has 2 aliphatic rings. The maximum atomic E-state index is 12.3. The van der Waals surface area contributed by atoms with E-state index in [1.54, 1.807) is 11.2 Å². The van der Waals surface area contributed by atoms with Crippen molar-refractivity contribution in [3.63, 3.8) is 0 Å². The number of ether oxygens (including phenoxy) is 1. The van der Waals surface area contributed by atoms with Crippen molar-refractivity contribution in [3.8, 4) is 0 Å². The quantitative estimate of drug-likeness (QED) is 0.598. The van der Waals surface area contributed by atoms with Crippen LogP contribution in [0.3, 0.4) is 0 Å². The van der Waals surface area contributed by atoms with Gasteiger partial charge in [-0.3, -0.25) is 9.59 Å². The fraction of sp³-hybridized carbons (Fsp3) is 0.353. The van der Waals surface area contributed by atoms with Crippen LogP contribution < -0.4 is 21.0 Å². The van der Waals surface area contributed by atoms with E-state index in [0.717, 1.165) is 5.69 Å². The molecule has 1 aromatic rings. The van der Waals surface area contributed by atoms with E-state index in [1.807, 2.05) is 30.3 Å². The van der Waals surface area contributed by atoms with Crippen LogP contribution in [0, 0.1) is 5.92 Å². The van der Waals surface area contributed by atoms with Gasteiger partial charge in [-0.25, -0.2) is 14.8 Å². The molecule has 0 saturated carbocycles. The molecule has 2 unspecified atom stereocenters. The van der Waals surface area contributed by atoms with Crippen molar-refractivity contribution in [2.45, 2.75) is 12.6 Å². The summed E-state index contributed by atoms with van der Waals surface area (Å²) in [5, 5.41) is 13.8. The molecule has 3 rings (SSSR count). The summed E-state index contributed by atoms with van der Waals surface area (Å²) in [5.41, 5.74) is 0.826. The van der Waals surface area contributed by atoms with Gasteiger partial charge >= 0.3 is 12.0 Å². The molecule has 27 heavy (non-hydrogen) atoms. The molecule has 3 N–H and O–H groups in total. The number of benzene rings is 1. The number of urea groups is 1. The van der Waals surface area contributed by atoms with Crippen LogP contribution >= 0.6 is 0 Å². The van der Waals surface area contributed by atoms with Gasteiger partial charge in [0.15, 0.2) is 6.17 Å². The van der Waals surface area contributed by atoms with Crippen molar-refractivity contribution < 1.29 is 19.1 Å². The van der Waals surface area contributed by atoms with E-state index < -0.39 is 24.1 Å². The average Bonchev–Trinajstić information content (AvgIpc) is 3.11. The molecule has 0 saturated heterocycles. The Hall–Kier alpha value is -3.43. The van der Waals surface area contributed by atoms with Crippen molar-refractivity contribution in [1.29, 1.82) is 0 Å². The van der Waals surface area contributed by atoms with Crippen LogP contribution in [-0.4, -0.2) is 56.3 Å². The summed E-state index contributed by atoms with van der Waals surface area (Å²) in [4.78, 5) is 39.6. The molecule has 3 amide bonds. The standard InChI is InChI=1S/C17H20N6O4/c1-27-14(24)7-8-18-17(26)19-10-13-21-15-12(16(25)22-13)9-20-23(15)11-5-3-2-4-6-11/h2-6,9,12,15H,7-8,10H2,1H3,(H2,18,19,26)(H,21,22,25). The van der Waals surface area contributed by atoms with Crippen LogP contribution in [0.2, 0.25) is 0 Å². The van der Waals surface area contributed by atoms with Crippen molar-refractivity contribution in [3.05, 3.63) is 30.3 Å². The number of para-hydroxylation sites is 1. The SMILES string of the molecule is COC(=O)CCNC(=O)NCC1=NC2C(C=NN2c2ccccc2)C(=O)N1. The third-order valence-electron chi connectivity index (χ3n) is 4.06. The van der Waals surface area contributed by atoms with Crippen LogP contribution in [-0.2, 0) is 14.3 Å². The molecule has 142 valence electrons. The Kier molecular flexibility index (Phi) is 5.64. The van der Waals surface area contributed by atoms with Crippen molar-refractivity contribution in [2.75, 3.05) is 25.2 Å². The fourth-order valence-corrected chi connectivity index (χ4v) is 2.69. The lowest BCUT2D eigenvalue weighted by atomic mass is 10.1. The molecule has 0 bridgehead atoms. The first kappa shape index (κ1) is 18.4. The summed E-state index contributed by atoms with van der Waals surface area (Å²) in [6, 6.07) is 8.95. The van der Waals surface area contributed by atoms with E-state index in [-0.39, 0.29) is 25.4 Å². The maximum absolute atomic E-state index is 12.3. The molecule has 10 nitrogen and oxygen atoms in total.